The summed E-state index contributed by atoms with van der Waals surface area (Å²) in [4.78, 5) is 5.28. The number of benzene rings is 21. The van der Waals surface area contributed by atoms with Crippen LogP contribution in [0.3, 0.4) is 0 Å². The van der Waals surface area contributed by atoms with Crippen molar-refractivity contribution in [3.05, 3.63) is 522 Å². The van der Waals surface area contributed by atoms with Gasteiger partial charge in [-0.1, -0.05) is 375 Å². The Morgan fingerprint density at radius 1 is 0.196 bits per heavy atom. The van der Waals surface area contributed by atoms with Crippen molar-refractivity contribution in [2.75, 3.05) is 0 Å². The molecule has 0 radical (unpaired) electrons. The molecule has 21 aromatic carbocycles. The van der Waals surface area contributed by atoms with Gasteiger partial charge in [0.25, 0.3) is 0 Å². The van der Waals surface area contributed by atoms with Crippen molar-refractivity contribution < 1.29 is 9.15 Å². The highest BCUT2D eigenvalue weighted by molar-refractivity contribution is 8.00. The predicted octanol–water partition coefficient (Wildman–Crippen LogP) is 35.1. The summed E-state index contributed by atoms with van der Waals surface area (Å²) in [5.41, 5.74) is 35.0. The molecular weight excluding hydrogens is 1750 g/mol. The Balaban J connectivity index is 0.0000000959. The van der Waals surface area contributed by atoms with Crippen molar-refractivity contribution >= 4 is 174 Å². The van der Waals surface area contributed by atoms with Gasteiger partial charge in [0, 0.05) is 137 Å². The monoisotopic (exact) mass is 1830 g/mol. The Hall–Kier alpha value is -16.2. The van der Waals surface area contributed by atoms with Gasteiger partial charge in [0.1, 0.15) is 16.9 Å². The standard InChI is InChI=1S/2C43H25NOS.C43H25NS2/c1-5-15-33-27(11-1)28-12-2-6-16-34(28)43(33)35-17-7-9-19-38(35)45-42-36(43)23-22-31-29-13-3-8-18-37(29)44(41(31)42)26-21-24-40-32(25-26)30-14-4-10-20-39(30)46-40;1-5-15-33-27(11-1)28-12-2-6-16-34(28)43(33)35-17-7-10-20-40(35)46-42-36(43)24-23-32-29-13-3-8-18-37(29)44(41(32)42)26-21-22-31-30-14-4-9-19-38(30)45-39(31)25-26;1-5-15-33-27(11-1)28-12-2-6-16-34(28)43(33)35-17-7-10-20-39(35)46-42-36(43)24-23-32-29-13-3-8-18-37(29)44(41(32)42)26-21-22-31-30-14-4-9-19-38(30)45-40(31)25-26/h3*1-25H. The molecule has 5 nitrogen and oxygen atoms in total. The van der Waals surface area contributed by atoms with E-state index >= 15 is 0 Å². The van der Waals surface area contributed by atoms with Crippen LogP contribution in [0.1, 0.15) is 66.8 Å². The molecule has 33 rings (SSSR count). The fraction of sp³-hybridized carbons (Fsp3) is 0.0233. The van der Waals surface area contributed by atoms with Gasteiger partial charge < -0.3 is 22.9 Å². The molecule has 0 saturated carbocycles. The van der Waals surface area contributed by atoms with E-state index in [1.807, 2.05) is 52.3 Å². The molecule has 3 aliphatic heterocycles. The van der Waals surface area contributed by atoms with Crippen LogP contribution in [0.15, 0.2) is 479 Å². The normalized spacial score (nSPS) is 14.1. The number of fused-ring (bicyclic) bond motifs is 48. The second kappa shape index (κ2) is 28.9. The Labute approximate surface area is 809 Å². The van der Waals surface area contributed by atoms with Crippen molar-refractivity contribution in [3.63, 3.8) is 0 Å². The van der Waals surface area contributed by atoms with Gasteiger partial charge in [-0.05, 0) is 186 Å². The highest BCUT2D eigenvalue weighted by Crippen LogP contribution is 2.68. The minimum atomic E-state index is -0.500. The number of thiophene rings is 2. The van der Waals surface area contributed by atoms with Crippen LogP contribution in [-0.4, -0.2) is 13.7 Å². The van der Waals surface area contributed by atoms with Crippen LogP contribution >= 0.6 is 46.2 Å². The highest BCUT2D eigenvalue weighted by Gasteiger charge is 2.55. The fourth-order valence-corrected chi connectivity index (χ4v) is 30.3. The highest BCUT2D eigenvalue weighted by atomic mass is 32.2. The van der Waals surface area contributed by atoms with Gasteiger partial charge >= 0.3 is 0 Å². The van der Waals surface area contributed by atoms with Crippen molar-refractivity contribution in [1.29, 1.82) is 0 Å². The van der Waals surface area contributed by atoms with Crippen LogP contribution in [0.4, 0.5) is 0 Å². The van der Waals surface area contributed by atoms with Crippen LogP contribution < -0.4 is 4.74 Å². The summed E-state index contributed by atoms with van der Waals surface area (Å²) in [5, 5.41) is 15.1. The summed E-state index contributed by atoms with van der Waals surface area (Å²) in [6, 6.07) is 168. The third-order valence-corrected chi connectivity index (χ3v) is 35.5. The first-order valence-corrected chi connectivity index (χ1v) is 50.6. The molecule has 3 spiro atoms. The summed E-state index contributed by atoms with van der Waals surface area (Å²) < 4.78 is 26.2. The van der Waals surface area contributed by atoms with E-state index in [0.717, 1.165) is 50.3 Å². The first-order chi connectivity index (χ1) is 68.5. The van der Waals surface area contributed by atoms with Crippen LogP contribution in [0.5, 0.6) is 11.5 Å². The van der Waals surface area contributed by atoms with Crippen molar-refractivity contribution in [1.82, 2.24) is 13.7 Å². The maximum atomic E-state index is 7.12. The fourth-order valence-electron chi connectivity index (χ4n) is 25.5. The number of aromatic nitrogens is 3. The van der Waals surface area contributed by atoms with Gasteiger partial charge in [-0.2, -0.15) is 0 Å². The van der Waals surface area contributed by atoms with E-state index in [0.29, 0.717) is 0 Å². The number of hydrogen-bond donors (Lipinski definition) is 0. The molecule has 9 heterocycles. The Bertz CT molecular complexity index is 9520. The lowest BCUT2D eigenvalue weighted by Gasteiger charge is -2.40. The number of ether oxygens (including phenoxy) is 1. The lowest BCUT2D eigenvalue weighted by atomic mass is 9.66. The molecule has 3 aliphatic carbocycles. The first kappa shape index (κ1) is 77.1. The quantitative estimate of drug-likeness (QED) is 0.177. The molecule has 0 atom stereocenters. The molecule has 0 bridgehead atoms. The molecule has 138 heavy (non-hydrogen) atoms. The van der Waals surface area contributed by atoms with Crippen molar-refractivity contribution in [3.8, 4) is 61.9 Å². The van der Waals surface area contributed by atoms with Crippen molar-refractivity contribution in [2.24, 2.45) is 0 Å². The number of para-hydroxylation sites is 5. The van der Waals surface area contributed by atoms with E-state index in [2.05, 4.69) is 463 Å². The first-order valence-electron chi connectivity index (χ1n) is 47.3. The van der Waals surface area contributed by atoms with Crippen LogP contribution in [0, 0.1) is 0 Å². The zero-order chi connectivity index (χ0) is 90.0. The van der Waals surface area contributed by atoms with Gasteiger partial charge in [-0.15, -0.1) is 22.7 Å². The number of rotatable bonds is 3. The maximum absolute atomic E-state index is 7.12. The third-order valence-electron chi connectivity index (χ3n) is 30.8. The van der Waals surface area contributed by atoms with E-state index < -0.39 is 16.2 Å². The maximum Gasteiger partial charge on any atom is 0.156 e. The van der Waals surface area contributed by atoms with Gasteiger partial charge in [0.05, 0.1) is 49.3 Å². The van der Waals surface area contributed by atoms with Crippen LogP contribution in [0.25, 0.3) is 178 Å². The van der Waals surface area contributed by atoms with Crippen LogP contribution in [-0.2, 0) is 16.2 Å². The second-order valence-corrected chi connectivity index (χ2v) is 41.5. The number of nitrogens with zero attached hydrogens (tertiary/aromatic N) is 3. The molecule has 6 aromatic heterocycles. The van der Waals surface area contributed by atoms with Gasteiger partial charge in [0.2, 0.25) is 0 Å². The molecule has 0 amide bonds. The van der Waals surface area contributed by atoms with Gasteiger partial charge in [-0.25, -0.2) is 0 Å². The Kier molecular flexibility index (Phi) is 16.2. The lowest BCUT2D eigenvalue weighted by molar-refractivity contribution is 0.440. The molecule has 0 saturated heterocycles. The summed E-state index contributed by atoms with van der Waals surface area (Å²) in [7, 11) is 0. The largest absolute Gasteiger partial charge is 0.456 e. The zero-order valence-electron chi connectivity index (χ0n) is 74.1. The molecule has 642 valence electrons. The van der Waals surface area contributed by atoms with E-state index in [9.17, 15) is 0 Å². The van der Waals surface area contributed by atoms with Crippen molar-refractivity contribution in [2.45, 2.75) is 35.8 Å². The molecule has 0 N–H and O–H groups in total. The molecule has 6 aliphatic rings. The smallest absolute Gasteiger partial charge is 0.156 e. The minimum absolute atomic E-state index is 0.394. The average Bonchev–Trinajstić information content (AvgIpc) is 1.50. The Morgan fingerprint density at radius 2 is 0.522 bits per heavy atom. The molecule has 0 unspecified atom stereocenters. The number of furan rings is 1. The molecular formula is C129H75N3O2S4. The lowest BCUT2D eigenvalue weighted by Crippen LogP contribution is -2.32. The van der Waals surface area contributed by atoms with Gasteiger partial charge in [-0.3, -0.25) is 0 Å². The Morgan fingerprint density at radius 3 is 1.03 bits per heavy atom. The summed E-state index contributed by atoms with van der Waals surface area (Å²) >= 11 is 7.59. The molecule has 27 aromatic rings. The SMILES string of the molecule is c1ccc2c(c1)Oc1c(ccc3c4ccccc4n(-c4ccc5sc6ccccc6c5c4)c13)C21c2ccccc2-c2ccccc21.c1ccc2c(c1)Sc1c(ccc3c4ccccc4n(-c4ccc5c(c4)oc4ccccc45)c13)C21c2ccccc2-c2ccccc21.c1ccc2c(c1)Sc1c(ccc3c4ccccc4n(-c4ccc5c(c4)sc4ccccc45)c13)C21c2ccccc2-c2ccccc21. The average molecular weight is 1830 g/mol. The summed E-state index contributed by atoms with van der Waals surface area (Å²) in [6.07, 6.45) is 0. The molecule has 9 heteroatoms. The van der Waals surface area contributed by atoms with E-state index in [4.69, 9.17) is 9.15 Å². The summed E-state index contributed by atoms with van der Waals surface area (Å²) in [5.74, 6) is 1.83. The van der Waals surface area contributed by atoms with Crippen LogP contribution in [0.2, 0.25) is 0 Å². The van der Waals surface area contributed by atoms with E-state index in [1.54, 1.807) is 0 Å². The van der Waals surface area contributed by atoms with E-state index in [1.165, 1.54) is 226 Å². The second-order valence-electron chi connectivity index (χ2n) is 37.2. The summed E-state index contributed by atoms with van der Waals surface area (Å²) in [6.45, 7) is 0. The minimum Gasteiger partial charge on any atom is -0.456 e. The van der Waals surface area contributed by atoms with Gasteiger partial charge in [0.15, 0.2) is 5.75 Å². The molecule has 0 fully saturated rings. The zero-order valence-corrected chi connectivity index (χ0v) is 77.4. The van der Waals surface area contributed by atoms with E-state index in [-0.39, 0.29) is 0 Å². The topological polar surface area (TPSA) is 37.2 Å². The predicted molar refractivity (Wildman–Crippen MR) is 576 cm³/mol. The third kappa shape index (κ3) is 10.2. The number of hydrogen-bond acceptors (Lipinski definition) is 6.